The summed E-state index contributed by atoms with van der Waals surface area (Å²) in [5, 5.41) is 6.53. The molecule has 5 nitrogen and oxygen atoms in total. The zero-order chi connectivity index (χ0) is 18.7. The number of hydrogen-bond acceptors (Lipinski definition) is 3. The van der Waals surface area contributed by atoms with Crippen LogP contribution in [0.15, 0.2) is 42.8 Å². The Morgan fingerprint density at radius 1 is 1.26 bits per heavy atom. The first-order valence-electron chi connectivity index (χ1n) is 8.27. The van der Waals surface area contributed by atoms with Crippen LogP contribution in [0.1, 0.15) is 59.1 Å². The molecule has 1 aromatic heterocycles. The Balaban J connectivity index is -0.000000595. The summed E-state index contributed by atoms with van der Waals surface area (Å²) in [6, 6.07) is 0. The van der Waals surface area contributed by atoms with Crippen molar-refractivity contribution in [1.82, 2.24) is 20.1 Å². The monoisotopic (exact) mass is 322 g/mol. The number of carbonyl (C=O) groups is 1. The molecule has 0 atom stereocenters. The van der Waals surface area contributed by atoms with Crippen LogP contribution in [-0.4, -0.2) is 27.7 Å². The van der Waals surface area contributed by atoms with E-state index in [2.05, 4.69) is 22.0 Å². The van der Waals surface area contributed by atoms with Crippen LogP contribution in [0.4, 0.5) is 0 Å². The summed E-state index contributed by atoms with van der Waals surface area (Å²) in [6.45, 7) is 18.2. The molecule has 1 N–H and O–H groups in total. The lowest BCUT2D eigenvalue weighted by Gasteiger charge is -2.00. The van der Waals surface area contributed by atoms with Gasteiger partial charge in [-0.1, -0.05) is 72.4 Å². The molecule has 0 bridgehead atoms. The molecule has 5 heteroatoms. The van der Waals surface area contributed by atoms with Gasteiger partial charge in [0.15, 0.2) is 0 Å². The van der Waals surface area contributed by atoms with Crippen LogP contribution in [0, 0.1) is 0 Å². The highest BCUT2D eigenvalue weighted by atomic mass is 16.2. The summed E-state index contributed by atoms with van der Waals surface area (Å²) in [5.41, 5.74) is 0.997. The largest absolute Gasteiger partial charge is 0.352 e. The minimum absolute atomic E-state index is 0.168. The molecule has 0 aliphatic rings. The summed E-state index contributed by atoms with van der Waals surface area (Å²) >= 11 is 0. The third kappa shape index (κ3) is 12.1. The summed E-state index contributed by atoms with van der Waals surface area (Å²) in [5.74, 6) is -0.122. The van der Waals surface area contributed by atoms with E-state index >= 15 is 0 Å². The van der Waals surface area contributed by atoms with Crippen LogP contribution < -0.4 is 5.32 Å². The topological polar surface area (TPSA) is 59.8 Å². The van der Waals surface area contributed by atoms with Crippen molar-refractivity contribution in [2.75, 3.05) is 7.05 Å². The lowest BCUT2D eigenvalue weighted by molar-refractivity contribution is 0.0952. The van der Waals surface area contributed by atoms with Gasteiger partial charge in [0.2, 0.25) is 5.82 Å². The Bertz CT molecular complexity index is 459. The van der Waals surface area contributed by atoms with Gasteiger partial charge in [0.25, 0.3) is 5.91 Å². The van der Waals surface area contributed by atoms with Crippen molar-refractivity contribution in [3.8, 4) is 0 Å². The third-order valence-corrected chi connectivity index (χ3v) is 2.08. The lowest BCUT2D eigenvalue weighted by atomic mass is 10.2. The zero-order valence-electron chi connectivity index (χ0n) is 16.1. The molecule has 1 aromatic rings. The Morgan fingerprint density at radius 3 is 2.26 bits per heavy atom. The summed E-state index contributed by atoms with van der Waals surface area (Å²) in [4.78, 5) is 15.2. The van der Waals surface area contributed by atoms with Crippen molar-refractivity contribution in [2.45, 2.75) is 55.0 Å². The highest BCUT2D eigenvalue weighted by molar-refractivity contribution is 5.89. The van der Waals surface area contributed by atoms with Gasteiger partial charge < -0.3 is 5.32 Å². The van der Waals surface area contributed by atoms with Crippen molar-refractivity contribution in [2.24, 2.45) is 0 Å². The van der Waals surface area contributed by atoms with Crippen LogP contribution in [0.3, 0.4) is 0 Å². The van der Waals surface area contributed by atoms with Gasteiger partial charge in [0.05, 0.1) is 6.54 Å². The number of hydrogen-bond donors (Lipinski definition) is 1. The minimum Gasteiger partial charge on any atom is -0.352 e. The fourth-order valence-electron chi connectivity index (χ4n) is 1.18. The van der Waals surface area contributed by atoms with Crippen molar-refractivity contribution >= 4 is 5.91 Å². The maximum atomic E-state index is 11.3. The smallest absolute Gasteiger partial charge is 0.290 e. The zero-order valence-corrected chi connectivity index (χ0v) is 16.1. The van der Waals surface area contributed by atoms with Gasteiger partial charge in [-0.25, -0.2) is 9.67 Å². The van der Waals surface area contributed by atoms with Crippen molar-refractivity contribution in [3.63, 3.8) is 0 Å². The molecule has 132 valence electrons. The van der Waals surface area contributed by atoms with Gasteiger partial charge >= 0.3 is 0 Å². The van der Waals surface area contributed by atoms with E-state index in [1.54, 1.807) is 17.8 Å². The molecular formula is C18H34N4O. The first kappa shape index (κ1) is 25.8. The number of nitrogens with one attached hydrogen (secondary N) is 1. The van der Waals surface area contributed by atoms with Crippen molar-refractivity contribution in [3.05, 3.63) is 48.6 Å². The van der Waals surface area contributed by atoms with Crippen molar-refractivity contribution in [1.29, 1.82) is 0 Å². The lowest BCUT2D eigenvalue weighted by Crippen LogP contribution is -2.19. The molecule has 0 aliphatic heterocycles. The molecule has 0 unspecified atom stereocenters. The number of aromatic nitrogens is 3. The van der Waals surface area contributed by atoms with E-state index in [4.69, 9.17) is 0 Å². The van der Waals surface area contributed by atoms with E-state index in [-0.39, 0.29) is 11.7 Å². The standard InChI is InChI=1S/C12H16N4O.3C2H6/c1-4-6-7-10(5-2)8-16-9-14-11(15-16)12(17)13-3;3*1-2/h4-7,9H,2,8H2,1,3H3,(H,13,17);3*1-2H3/b6-4-,10-7+;;;. The molecule has 0 aliphatic carbocycles. The van der Waals surface area contributed by atoms with Gasteiger partial charge in [-0.3, -0.25) is 4.79 Å². The van der Waals surface area contributed by atoms with Crippen LogP contribution in [0.2, 0.25) is 0 Å². The van der Waals surface area contributed by atoms with E-state index in [9.17, 15) is 4.79 Å². The first-order chi connectivity index (χ1) is 11.2. The average Bonchev–Trinajstić information content (AvgIpc) is 3.11. The van der Waals surface area contributed by atoms with E-state index in [0.717, 1.165) is 5.57 Å². The molecular weight excluding hydrogens is 288 g/mol. The Morgan fingerprint density at radius 2 is 1.83 bits per heavy atom. The Kier molecular flexibility index (Phi) is 22.2. The van der Waals surface area contributed by atoms with Crippen LogP contribution in [0.5, 0.6) is 0 Å². The fraction of sp³-hybridized carbons (Fsp3) is 0.500. The normalized spacial score (nSPS) is 9.48. The second kappa shape index (κ2) is 19.8. The van der Waals surface area contributed by atoms with E-state index in [1.165, 1.54) is 6.33 Å². The molecule has 1 amide bonds. The highest BCUT2D eigenvalue weighted by Crippen LogP contribution is 2.01. The van der Waals surface area contributed by atoms with Crippen LogP contribution >= 0.6 is 0 Å². The maximum absolute atomic E-state index is 11.3. The average molecular weight is 322 g/mol. The van der Waals surface area contributed by atoms with Gasteiger partial charge in [-0.2, -0.15) is 0 Å². The second-order valence-corrected chi connectivity index (χ2v) is 3.32. The Hall–Kier alpha value is -2.17. The van der Waals surface area contributed by atoms with Crippen molar-refractivity contribution < 1.29 is 4.79 Å². The third-order valence-electron chi connectivity index (χ3n) is 2.08. The first-order valence-corrected chi connectivity index (χ1v) is 8.27. The number of amides is 1. The van der Waals surface area contributed by atoms with Gasteiger partial charge in [-0.05, 0) is 12.5 Å². The molecule has 0 aromatic carbocycles. The summed E-state index contributed by atoms with van der Waals surface area (Å²) in [7, 11) is 1.55. The van der Waals surface area contributed by atoms with Gasteiger partial charge in [0.1, 0.15) is 6.33 Å². The fourth-order valence-corrected chi connectivity index (χ4v) is 1.18. The number of rotatable bonds is 5. The summed E-state index contributed by atoms with van der Waals surface area (Å²) in [6.07, 6.45) is 9.07. The minimum atomic E-state index is -0.290. The number of nitrogens with zero attached hydrogens (tertiary/aromatic N) is 3. The van der Waals surface area contributed by atoms with Gasteiger partial charge in [0, 0.05) is 7.05 Å². The molecule has 1 rings (SSSR count). The van der Waals surface area contributed by atoms with Crippen LogP contribution in [-0.2, 0) is 6.54 Å². The molecule has 0 saturated heterocycles. The SMILES string of the molecule is C=C/C(=C\C=C/C)Cn1cnc(C(=O)NC)n1.CC.CC.CC. The predicted molar refractivity (Wildman–Crippen MR) is 101 cm³/mol. The number of carbonyl (C=O) groups excluding carboxylic acids is 1. The Labute approximate surface area is 142 Å². The molecule has 23 heavy (non-hydrogen) atoms. The quantitative estimate of drug-likeness (QED) is 0.817. The number of allylic oxidation sites excluding steroid dienone is 5. The maximum Gasteiger partial charge on any atom is 0.290 e. The van der Waals surface area contributed by atoms with Gasteiger partial charge in [-0.15, -0.1) is 5.10 Å². The summed E-state index contributed by atoms with van der Waals surface area (Å²) < 4.78 is 1.60. The molecule has 1 heterocycles. The second-order valence-electron chi connectivity index (χ2n) is 3.32. The highest BCUT2D eigenvalue weighted by Gasteiger charge is 2.08. The molecule has 0 saturated carbocycles. The van der Waals surface area contributed by atoms with E-state index < -0.39 is 0 Å². The molecule has 0 spiro atoms. The predicted octanol–water partition coefficient (Wildman–Crippen LogP) is 4.40. The van der Waals surface area contributed by atoms with E-state index in [0.29, 0.717) is 6.54 Å². The molecule has 0 radical (unpaired) electrons. The van der Waals surface area contributed by atoms with Crippen LogP contribution in [0.25, 0.3) is 0 Å². The molecule has 0 fully saturated rings. The van der Waals surface area contributed by atoms with E-state index in [1.807, 2.05) is 66.7 Å².